The number of carbonyl (C=O) groups excluding carboxylic acids is 1. The van der Waals surface area contributed by atoms with Gasteiger partial charge >= 0.3 is 0 Å². The van der Waals surface area contributed by atoms with Gasteiger partial charge < -0.3 is 10.2 Å². The SMILES string of the molecule is Cc1cc(C)n(-c2cc(N3CCCC(C(=O)NCCn4cnc(C5CCCC5)cc4=O)C3)ncn2)n1. The molecule has 2 fully saturated rings. The summed E-state index contributed by atoms with van der Waals surface area (Å²) in [7, 11) is 0. The molecule has 1 N–H and O–H groups in total. The molecule has 0 aromatic carbocycles. The summed E-state index contributed by atoms with van der Waals surface area (Å²) in [5.74, 6) is 1.81. The monoisotopic (exact) mass is 490 g/mol. The second-order valence-corrected chi connectivity index (χ2v) is 9.98. The number of nitrogens with zero attached hydrogens (tertiary/aromatic N) is 7. The second-order valence-electron chi connectivity index (χ2n) is 9.98. The van der Waals surface area contributed by atoms with E-state index in [0.29, 0.717) is 25.6 Å². The third-order valence-electron chi connectivity index (χ3n) is 7.31. The van der Waals surface area contributed by atoms with Crippen LogP contribution in [-0.4, -0.2) is 54.8 Å². The summed E-state index contributed by atoms with van der Waals surface area (Å²) in [6.07, 6.45) is 9.56. The fraction of sp³-hybridized carbons (Fsp3) is 0.538. The van der Waals surface area contributed by atoms with E-state index in [9.17, 15) is 9.59 Å². The van der Waals surface area contributed by atoms with Crippen LogP contribution in [0.1, 0.15) is 61.5 Å². The molecule has 0 radical (unpaired) electrons. The first kappa shape index (κ1) is 24.1. The zero-order valence-electron chi connectivity index (χ0n) is 21.1. The van der Waals surface area contributed by atoms with Crippen LogP contribution >= 0.6 is 0 Å². The second kappa shape index (κ2) is 10.6. The number of aromatic nitrogens is 6. The first-order valence-electron chi connectivity index (χ1n) is 12.9. The Morgan fingerprint density at radius 2 is 1.83 bits per heavy atom. The molecule has 1 aliphatic carbocycles. The molecule has 1 saturated carbocycles. The normalized spacial score (nSPS) is 18.5. The van der Waals surface area contributed by atoms with Crippen molar-refractivity contribution in [2.75, 3.05) is 24.5 Å². The third kappa shape index (κ3) is 5.32. The van der Waals surface area contributed by atoms with E-state index in [0.717, 1.165) is 60.9 Å². The van der Waals surface area contributed by atoms with Gasteiger partial charge in [-0.3, -0.25) is 14.2 Å². The van der Waals surface area contributed by atoms with Crippen LogP contribution in [0, 0.1) is 19.8 Å². The molecule has 0 spiro atoms. The minimum Gasteiger partial charge on any atom is -0.356 e. The fourth-order valence-electron chi connectivity index (χ4n) is 5.38. The number of aryl methyl sites for hydroxylation is 2. The number of nitrogens with one attached hydrogen (secondary N) is 1. The van der Waals surface area contributed by atoms with Crippen molar-refractivity contribution in [3.8, 4) is 5.82 Å². The van der Waals surface area contributed by atoms with Gasteiger partial charge in [0.15, 0.2) is 5.82 Å². The van der Waals surface area contributed by atoms with Crippen molar-refractivity contribution >= 4 is 11.7 Å². The highest BCUT2D eigenvalue weighted by molar-refractivity contribution is 5.79. The van der Waals surface area contributed by atoms with E-state index in [-0.39, 0.29) is 17.4 Å². The molecule has 3 aromatic rings. The lowest BCUT2D eigenvalue weighted by molar-refractivity contribution is -0.125. The van der Waals surface area contributed by atoms with Gasteiger partial charge in [-0.15, -0.1) is 0 Å². The van der Waals surface area contributed by atoms with Crippen molar-refractivity contribution in [2.45, 2.75) is 64.8 Å². The molecule has 1 saturated heterocycles. The molecule has 10 nitrogen and oxygen atoms in total. The van der Waals surface area contributed by atoms with Crippen molar-refractivity contribution < 1.29 is 4.79 Å². The number of carbonyl (C=O) groups is 1. The van der Waals surface area contributed by atoms with Crippen LogP contribution in [0.5, 0.6) is 0 Å². The Hall–Kier alpha value is -3.56. The van der Waals surface area contributed by atoms with Crippen molar-refractivity contribution in [3.05, 3.63) is 58.3 Å². The molecular formula is C26H34N8O2. The molecule has 1 unspecified atom stereocenters. The number of anilines is 1. The molecule has 3 aromatic heterocycles. The van der Waals surface area contributed by atoms with Crippen LogP contribution < -0.4 is 15.8 Å². The van der Waals surface area contributed by atoms with Gasteiger partial charge in [0.2, 0.25) is 5.91 Å². The van der Waals surface area contributed by atoms with Crippen molar-refractivity contribution in [1.82, 2.24) is 34.6 Å². The first-order chi connectivity index (χ1) is 17.5. The maximum atomic E-state index is 12.9. The van der Waals surface area contributed by atoms with Gasteiger partial charge in [-0.2, -0.15) is 5.10 Å². The number of rotatable bonds is 7. The summed E-state index contributed by atoms with van der Waals surface area (Å²) in [5, 5.41) is 7.53. The van der Waals surface area contributed by atoms with Crippen molar-refractivity contribution in [1.29, 1.82) is 0 Å². The van der Waals surface area contributed by atoms with Crippen molar-refractivity contribution in [3.63, 3.8) is 0 Å². The molecule has 190 valence electrons. The summed E-state index contributed by atoms with van der Waals surface area (Å²) >= 11 is 0. The van der Waals surface area contributed by atoms with Gasteiger partial charge in [0.25, 0.3) is 5.56 Å². The molecular weight excluding hydrogens is 456 g/mol. The molecule has 36 heavy (non-hydrogen) atoms. The van der Waals surface area contributed by atoms with Crippen molar-refractivity contribution in [2.24, 2.45) is 5.92 Å². The minimum absolute atomic E-state index is 0.0103. The molecule has 1 atom stereocenters. The average Bonchev–Trinajstić information content (AvgIpc) is 3.54. The van der Waals surface area contributed by atoms with Crippen LogP contribution in [0.15, 0.2) is 35.6 Å². The molecule has 0 bridgehead atoms. The molecule has 1 amide bonds. The predicted octanol–water partition coefficient (Wildman–Crippen LogP) is 2.53. The number of amides is 1. The maximum absolute atomic E-state index is 12.9. The van der Waals surface area contributed by atoms with Gasteiger partial charge in [0.05, 0.1) is 23.6 Å². The highest BCUT2D eigenvalue weighted by atomic mass is 16.2. The van der Waals surface area contributed by atoms with Crippen LogP contribution in [-0.2, 0) is 11.3 Å². The van der Waals surface area contributed by atoms with Gasteiger partial charge in [-0.1, -0.05) is 12.8 Å². The topological polar surface area (TPSA) is 111 Å². The van der Waals surface area contributed by atoms with E-state index < -0.39 is 0 Å². The fourth-order valence-corrected chi connectivity index (χ4v) is 5.38. The van der Waals surface area contributed by atoms with Gasteiger partial charge in [-0.25, -0.2) is 19.6 Å². The maximum Gasteiger partial charge on any atom is 0.253 e. The standard InChI is InChI=1S/C26H34N8O2/c1-18-12-19(2)34(31-18)24-14-23(28-16-29-24)32-10-5-8-21(15-32)26(36)27-9-11-33-17-30-22(13-25(33)35)20-6-3-4-7-20/h12-14,16-17,20-21H,3-11,15H2,1-2H3,(H,27,36). The van der Waals surface area contributed by atoms with Gasteiger partial charge in [-0.05, 0) is 45.6 Å². The number of hydrogen-bond acceptors (Lipinski definition) is 7. The average molecular weight is 491 g/mol. The Labute approximate surface area is 210 Å². The van der Waals surface area contributed by atoms with E-state index in [1.807, 2.05) is 30.7 Å². The van der Waals surface area contributed by atoms with E-state index in [1.165, 1.54) is 12.8 Å². The Morgan fingerprint density at radius 1 is 1.03 bits per heavy atom. The lowest BCUT2D eigenvalue weighted by Gasteiger charge is -2.33. The Bertz CT molecular complexity index is 1280. The third-order valence-corrected chi connectivity index (χ3v) is 7.31. The smallest absolute Gasteiger partial charge is 0.253 e. The van der Waals surface area contributed by atoms with E-state index in [2.05, 4.69) is 30.3 Å². The van der Waals surface area contributed by atoms with Crippen LogP contribution in [0.25, 0.3) is 5.82 Å². The van der Waals surface area contributed by atoms with E-state index in [1.54, 1.807) is 23.3 Å². The number of hydrogen-bond donors (Lipinski definition) is 1. The largest absolute Gasteiger partial charge is 0.356 e. The van der Waals surface area contributed by atoms with Crippen LogP contribution in [0.3, 0.4) is 0 Å². The Morgan fingerprint density at radius 3 is 2.58 bits per heavy atom. The van der Waals surface area contributed by atoms with Crippen LogP contribution in [0.4, 0.5) is 5.82 Å². The number of piperidine rings is 1. The molecule has 5 rings (SSSR count). The lowest BCUT2D eigenvalue weighted by Crippen LogP contribution is -2.44. The summed E-state index contributed by atoms with van der Waals surface area (Å²) in [6.45, 7) is 6.20. The Kier molecular flexibility index (Phi) is 7.11. The molecule has 4 heterocycles. The molecule has 1 aliphatic heterocycles. The Balaban J connectivity index is 1.17. The van der Waals surface area contributed by atoms with E-state index in [4.69, 9.17) is 0 Å². The van der Waals surface area contributed by atoms with Crippen LogP contribution in [0.2, 0.25) is 0 Å². The summed E-state index contributed by atoms with van der Waals surface area (Å²) in [4.78, 5) is 40.9. The highest BCUT2D eigenvalue weighted by Gasteiger charge is 2.27. The van der Waals surface area contributed by atoms with E-state index >= 15 is 0 Å². The summed E-state index contributed by atoms with van der Waals surface area (Å²) < 4.78 is 3.39. The zero-order chi connectivity index (χ0) is 25.1. The molecule has 2 aliphatic rings. The van der Waals surface area contributed by atoms with Gasteiger partial charge in [0, 0.05) is 49.9 Å². The predicted molar refractivity (Wildman–Crippen MR) is 136 cm³/mol. The van der Waals surface area contributed by atoms with Gasteiger partial charge in [0.1, 0.15) is 12.1 Å². The highest BCUT2D eigenvalue weighted by Crippen LogP contribution is 2.32. The first-order valence-corrected chi connectivity index (χ1v) is 12.9. The lowest BCUT2D eigenvalue weighted by atomic mass is 9.97. The zero-order valence-corrected chi connectivity index (χ0v) is 21.1. The summed E-state index contributed by atoms with van der Waals surface area (Å²) in [5.41, 5.74) is 2.80. The minimum atomic E-state index is -0.134. The quantitative estimate of drug-likeness (QED) is 0.542. The summed E-state index contributed by atoms with van der Waals surface area (Å²) in [6, 6.07) is 5.60. The molecule has 10 heteroatoms.